The summed E-state index contributed by atoms with van der Waals surface area (Å²) >= 11 is 12.6. The fraction of sp³-hybridized carbons (Fsp3) is 0.583. The lowest BCUT2D eigenvalue weighted by atomic mass is 9.98. The summed E-state index contributed by atoms with van der Waals surface area (Å²) < 4.78 is -0.688. The van der Waals surface area contributed by atoms with Gasteiger partial charge >= 0.3 is 5.97 Å². The van der Waals surface area contributed by atoms with E-state index in [1.54, 1.807) is 0 Å². The maximum atomic E-state index is 10.9. The molecule has 2 unspecified atom stereocenters. The number of halogens is 2. The summed E-state index contributed by atoms with van der Waals surface area (Å²) in [6, 6.07) is 1.38. The minimum atomic E-state index is -1.05. The lowest BCUT2D eigenvalue weighted by Crippen LogP contribution is -2.35. The Bertz CT molecular complexity index is 552. The van der Waals surface area contributed by atoms with Crippen molar-refractivity contribution in [2.24, 2.45) is 11.3 Å². The minimum Gasteiger partial charge on any atom is -0.477 e. The third-order valence-electron chi connectivity index (χ3n) is 4.33. The van der Waals surface area contributed by atoms with Crippen LogP contribution in [0.1, 0.15) is 23.8 Å². The molecule has 3 rings (SSSR count). The number of alkyl halides is 2. The summed E-state index contributed by atoms with van der Waals surface area (Å²) in [7, 11) is 0. The molecule has 7 heteroatoms. The van der Waals surface area contributed by atoms with E-state index in [2.05, 4.69) is 16.9 Å². The van der Waals surface area contributed by atoms with Gasteiger partial charge in [0.25, 0.3) is 0 Å². The molecule has 1 aromatic rings. The van der Waals surface area contributed by atoms with E-state index in [4.69, 9.17) is 28.3 Å². The quantitative estimate of drug-likeness (QED) is 0.848. The molecule has 0 bridgehead atoms. The van der Waals surface area contributed by atoms with E-state index in [0.717, 1.165) is 13.0 Å². The number of hydrogen-bond donors (Lipinski definition) is 1. The number of rotatable bonds is 2. The fourth-order valence-electron chi connectivity index (χ4n) is 2.81. The highest BCUT2D eigenvalue weighted by Crippen LogP contribution is 2.72. The topological polar surface area (TPSA) is 66.3 Å². The van der Waals surface area contributed by atoms with Crippen LogP contribution in [0.25, 0.3) is 0 Å². The maximum absolute atomic E-state index is 10.9. The average Bonchev–Trinajstić information content (AvgIpc) is 2.83. The normalized spacial score (nSPS) is 31.7. The highest BCUT2D eigenvalue weighted by molar-refractivity contribution is 6.52. The standard InChI is InChI=1S/C12H13Cl2N3O2/c1-11-3-5-17(6-8(11)12(11,13)14)10-15-4-2-7(16-10)9(18)19/h2,4,8H,3,5-6H2,1H3,(H,18,19). The third kappa shape index (κ3) is 1.79. The molecule has 5 nitrogen and oxygen atoms in total. The van der Waals surface area contributed by atoms with Gasteiger partial charge in [-0.05, 0) is 12.5 Å². The molecule has 1 aromatic heterocycles. The lowest BCUT2D eigenvalue weighted by molar-refractivity contribution is 0.0690. The van der Waals surface area contributed by atoms with Crippen molar-refractivity contribution < 1.29 is 9.90 Å². The SMILES string of the molecule is CC12CCN(c3nccc(C(=O)O)n3)CC1C2(Cl)Cl. The molecule has 1 saturated carbocycles. The highest BCUT2D eigenvalue weighted by atomic mass is 35.5. The van der Waals surface area contributed by atoms with Crippen LogP contribution in [0.2, 0.25) is 0 Å². The molecule has 2 heterocycles. The van der Waals surface area contributed by atoms with Crippen LogP contribution in [0, 0.1) is 11.3 Å². The number of nitrogens with zero attached hydrogens (tertiary/aromatic N) is 3. The molecular formula is C12H13Cl2N3O2. The monoisotopic (exact) mass is 301 g/mol. The second-order valence-corrected chi connectivity index (χ2v) is 6.72. The van der Waals surface area contributed by atoms with Crippen molar-refractivity contribution in [2.45, 2.75) is 17.7 Å². The Hall–Kier alpha value is -1.07. The van der Waals surface area contributed by atoms with Gasteiger partial charge in [0.05, 0.1) is 0 Å². The van der Waals surface area contributed by atoms with Crippen LogP contribution in [0.15, 0.2) is 12.3 Å². The number of piperidine rings is 1. The molecule has 19 heavy (non-hydrogen) atoms. The van der Waals surface area contributed by atoms with E-state index in [9.17, 15) is 4.79 Å². The van der Waals surface area contributed by atoms with Crippen molar-refractivity contribution in [3.8, 4) is 0 Å². The lowest BCUT2D eigenvalue weighted by Gasteiger charge is -2.29. The molecule has 1 saturated heterocycles. The van der Waals surface area contributed by atoms with Crippen LogP contribution >= 0.6 is 23.2 Å². The molecule has 2 atom stereocenters. The summed E-state index contributed by atoms with van der Waals surface area (Å²) in [6.07, 6.45) is 2.31. The van der Waals surface area contributed by atoms with Crippen molar-refractivity contribution in [3.05, 3.63) is 18.0 Å². The van der Waals surface area contributed by atoms with Crippen LogP contribution in [-0.4, -0.2) is 38.5 Å². The molecule has 102 valence electrons. The van der Waals surface area contributed by atoms with Crippen molar-refractivity contribution in [1.29, 1.82) is 0 Å². The first-order valence-corrected chi connectivity index (χ1v) is 6.81. The Kier molecular flexibility index (Phi) is 2.70. The predicted octanol–water partition coefficient (Wildman–Crippen LogP) is 2.19. The van der Waals surface area contributed by atoms with Gasteiger partial charge < -0.3 is 10.0 Å². The number of carboxylic acids is 1. The summed E-state index contributed by atoms with van der Waals surface area (Å²) in [5.74, 6) is -0.451. The first kappa shape index (κ1) is 12.9. The molecular weight excluding hydrogens is 289 g/mol. The number of aromatic nitrogens is 2. The van der Waals surface area contributed by atoms with Crippen molar-refractivity contribution in [1.82, 2.24) is 9.97 Å². The van der Waals surface area contributed by atoms with Gasteiger partial charge in [-0.25, -0.2) is 14.8 Å². The van der Waals surface area contributed by atoms with Gasteiger partial charge in [-0.3, -0.25) is 0 Å². The molecule has 2 aliphatic rings. The summed E-state index contributed by atoms with van der Waals surface area (Å²) in [6.45, 7) is 3.48. The van der Waals surface area contributed by atoms with Crippen LogP contribution in [0.3, 0.4) is 0 Å². The van der Waals surface area contributed by atoms with Crippen LogP contribution < -0.4 is 4.90 Å². The molecule has 0 amide bonds. The third-order valence-corrected chi connectivity index (χ3v) is 5.72. The first-order valence-electron chi connectivity index (χ1n) is 6.05. The number of anilines is 1. The van der Waals surface area contributed by atoms with E-state index in [1.807, 2.05) is 4.90 Å². The van der Waals surface area contributed by atoms with E-state index in [-0.39, 0.29) is 17.0 Å². The Labute approximate surface area is 120 Å². The maximum Gasteiger partial charge on any atom is 0.354 e. The van der Waals surface area contributed by atoms with Crippen LogP contribution in [0.4, 0.5) is 5.95 Å². The molecule has 1 N–H and O–H groups in total. The highest BCUT2D eigenvalue weighted by Gasteiger charge is 2.74. The number of carboxylic acid groups (broad SMARTS) is 1. The van der Waals surface area contributed by atoms with Gasteiger partial charge in [-0.15, -0.1) is 23.2 Å². The number of aromatic carboxylic acids is 1. The zero-order valence-electron chi connectivity index (χ0n) is 10.3. The zero-order valence-corrected chi connectivity index (χ0v) is 11.8. The van der Waals surface area contributed by atoms with Gasteiger partial charge in [0, 0.05) is 30.6 Å². The van der Waals surface area contributed by atoms with Crippen molar-refractivity contribution in [3.63, 3.8) is 0 Å². The molecule has 0 aromatic carbocycles. The van der Waals surface area contributed by atoms with Crippen LogP contribution in [0.5, 0.6) is 0 Å². The van der Waals surface area contributed by atoms with E-state index in [1.165, 1.54) is 12.3 Å². The van der Waals surface area contributed by atoms with Gasteiger partial charge in [0.2, 0.25) is 5.95 Å². The number of hydrogen-bond acceptors (Lipinski definition) is 4. The fourth-order valence-corrected chi connectivity index (χ4v) is 3.77. The summed E-state index contributed by atoms with van der Waals surface area (Å²) in [5, 5.41) is 8.94. The summed E-state index contributed by atoms with van der Waals surface area (Å²) in [5.41, 5.74) is -0.0473. The van der Waals surface area contributed by atoms with Crippen LogP contribution in [-0.2, 0) is 0 Å². The van der Waals surface area contributed by atoms with Gasteiger partial charge in [0.1, 0.15) is 4.33 Å². The largest absolute Gasteiger partial charge is 0.477 e. The Morgan fingerprint density at radius 2 is 2.32 bits per heavy atom. The van der Waals surface area contributed by atoms with E-state index in [0.29, 0.717) is 12.5 Å². The molecule has 1 aliphatic heterocycles. The van der Waals surface area contributed by atoms with Crippen molar-refractivity contribution >= 4 is 35.1 Å². The Morgan fingerprint density at radius 3 is 2.95 bits per heavy atom. The van der Waals surface area contributed by atoms with E-state index < -0.39 is 10.3 Å². The zero-order chi connectivity index (χ0) is 13.8. The Morgan fingerprint density at radius 1 is 1.58 bits per heavy atom. The van der Waals surface area contributed by atoms with Gasteiger partial charge in [0.15, 0.2) is 5.69 Å². The van der Waals surface area contributed by atoms with Crippen molar-refractivity contribution in [2.75, 3.05) is 18.0 Å². The molecule has 0 spiro atoms. The number of fused-ring (bicyclic) bond motifs is 1. The summed E-state index contributed by atoms with van der Waals surface area (Å²) in [4.78, 5) is 21.0. The molecule has 2 fully saturated rings. The number of carbonyl (C=O) groups is 1. The predicted molar refractivity (Wildman–Crippen MR) is 71.9 cm³/mol. The molecule has 1 aliphatic carbocycles. The average molecular weight is 302 g/mol. The second-order valence-electron chi connectivity index (χ2n) is 5.34. The Balaban J connectivity index is 1.82. The minimum absolute atomic E-state index is 0.00265. The first-order chi connectivity index (χ1) is 8.86. The second kappa shape index (κ2) is 3.96. The van der Waals surface area contributed by atoms with Gasteiger partial charge in [-0.2, -0.15) is 0 Å². The smallest absolute Gasteiger partial charge is 0.354 e. The van der Waals surface area contributed by atoms with Gasteiger partial charge in [-0.1, -0.05) is 6.92 Å². The van der Waals surface area contributed by atoms with E-state index >= 15 is 0 Å². The molecule has 0 radical (unpaired) electrons.